The molecule has 0 aromatic carbocycles. The van der Waals surface area contributed by atoms with Crippen molar-refractivity contribution in [3.63, 3.8) is 0 Å². The van der Waals surface area contributed by atoms with Gasteiger partial charge in [0.25, 0.3) is 0 Å². The number of nitrogens with zero attached hydrogens (tertiary/aromatic N) is 2. The van der Waals surface area contributed by atoms with Crippen LogP contribution in [0.15, 0.2) is 12.3 Å². The molecule has 16 heavy (non-hydrogen) atoms. The first-order valence-electron chi connectivity index (χ1n) is 5.71. The minimum atomic E-state index is -0.1000. The molecular weight excluding hydrogens is 204 g/mol. The molecule has 1 atom stereocenters. The maximum atomic E-state index is 11.0. The lowest BCUT2D eigenvalue weighted by molar-refractivity contribution is 0.0917. The second-order valence-electron chi connectivity index (χ2n) is 4.98. The minimum absolute atomic E-state index is 0.1000. The standard InChI is InChI=1S/C12H18N2O2/c1-9(12(3)5-6-12)8-16-11-4-7-14(13-11)10(2)15/h4,7,9H,5-6,8H2,1-3H3/t9-/m0/s1. The van der Waals surface area contributed by atoms with E-state index < -0.39 is 0 Å². The van der Waals surface area contributed by atoms with Crippen LogP contribution in [0.5, 0.6) is 5.88 Å². The Labute approximate surface area is 95.6 Å². The molecular formula is C12H18N2O2. The molecule has 1 aromatic rings. The summed E-state index contributed by atoms with van der Waals surface area (Å²) >= 11 is 0. The summed E-state index contributed by atoms with van der Waals surface area (Å²) in [5.74, 6) is 0.971. The highest BCUT2D eigenvalue weighted by Gasteiger charge is 2.42. The Balaban J connectivity index is 1.87. The molecule has 0 saturated heterocycles. The Hall–Kier alpha value is -1.32. The van der Waals surface area contributed by atoms with Crippen LogP contribution in [-0.2, 0) is 0 Å². The van der Waals surface area contributed by atoms with Crippen molar-refractivity contribution < 1.29 is 9.53 Å². The Morgan fingerprint density at radius 3 is 2.88 bits per heavy atom. The van der Waals surface area contributed by atoms with Gasteiger partial charge in [0.2, 0.25) is 11.8 Å². The van der Waals surface area contributed by atoms with Crippen molar-refractivity contribution in [2.45, 2.75) is 33.6 Å². The number of carbonyl (C=O) groups is 1. The van der Waals surface area contributed by atoms with Crippen molar-refractivity contribution in [3.05, 3.63) is 12.3 Å². The van der Waals surface area contributed by atoms with Crippen molar-refractivity contribution in [1.82, 2.24) is 9.78 Å². The van der Waals surface area contributed by atoms with Gasteiger partial charge in [-0.2, -0.15) is 0 Å². The number of hydrogen-bond donors (Lipinski definition) is 0. The Morgan fingerprint density at radius 1 is 1.69 bits per heavy atom. The Bertz CT molecular complexity index is 393. The van der Waals surface area contributed by atoms with Crippen LogP contribution in [0.4, 0.5) is 0 Å². The van der Waals surface area contributed by atoms with Gasteiger partial charge in [0.1, 0.15) is 0 Å². The lowest BCUT2D eigenvalue weighted by Gasteiger charge is -2.17. The summed E-state index contributed by atoms with van der Waals surface area (Å²) in [6.45, 7) is 6.64. The van der Waals surface area contributed by atoms with Gasteiger partial charge in [-0.3, -0.25) is 4.79 Å². The van der Waals surface area contributed by atoms with Crippen LogP contribution < -0.4 is 4.74 Å². The van der Waals surface area contributed by atoms with Crippen LogP contribution in [0.2, 0.25) is 0 Å². The lowest BCUT2D eigenvalue weighted by atomic mass is 9.94. The number of ether oxygens (including phenoxy) is 1. The third-order valence-electron chi connectivity index (χ3n) is 3.60. The molecule has 2 rings (SSSR count). The summed E-state index contributed by atoms with van der Waals surface area (Å²) in [6, 6.07) is 1.73. The van der Waals surface area contributed by atoms with E-state index >= 15 is 0 Å². The van der Waals surface area contributed by atoms with Crippen molar-refractivity contribution in [1.29, 1.82) is 0 Å². The molecule has 1 saturated carbocycles. The topological polar surface area (TPSA) is 44.1 Å². The largest absolute Gasteiger partial charge is 0.476 e. The van der Waals surface area contributed by atoms with Crippen molar-refractivity contribution in [3.8, 4) is 5.88 Å². The van der Waals surface area contributed by atoms with Crippen LogP contribution in [0.3, 0.4) is 0 Å². The molecule has 88 valence electrons. The van der Waals surface area contributed by atoms with E-state index in [1.54, 1.807) is 12.3 Å². The summed E-state index contributed by atoms with van der Waals surface area (Å²) < 4.78 is 6.87. The maximum Gasteiger partial charge on any atom is 0.243 e. The number of carbonyl (C=O) groups excluding carboxylic acids is 1. The van der Waals surface area contributed by atoms with Gasteiger partial charge in [0.15, 0.2) is 0 Å². The highest BCUT2D eigenvalue weighted by molar-refractivity contribution is 5.75. The third-order valence-corrected chi connectivity index (χ3v) is 3.60. The van der Waals surface area contributed by atoms with Crippen molar-refractivity contribution in [2.75, 3.05) is 6.61 Å². The van der Waals surface area contributed by atoms with E-state index in [9.17, 15) is 4.79 Å². The zero-order valence-electron chi connectivity index (χ0n) is 10.1. The molecule has 4 nitrogen and oxygen atoms in total. The summed E-state index contributed by atoms with van der Waals surface area (Å²) in [5, 5.41) is 4.03. The molecule has 0 unspecified atom stereocenters. The summed E-state index contributed by atoms with van der Waals surface area (Å²) in [4.78, 5) is 11.0. The molecule has 0 radical (unpaired) electrons. The second-order valence-corrected chi connectivity index (χ2v) is 4.98. The van der Waals surface area contributed by atoms with Gasteiger partial charge in [-0.05, 0) is 24.2 Å². The quantitative estimate of drug-likeness (QED) is 0.785. The second kappa shape index (κ2) is 3.92. The summed E-state index contributed by atoms with van der Waals surface area (Å²) in [5.41, 5.74) is 0.461. The number of rotatable bonds is 4. The van der Waals surface area contributed by atoms with Crippen LogP contribution in [0.25, 0.3) is 0 Å². The zero-order valence-corrected chi connectivity index (χ0v) is 10.1. The highest BCUT2D eigenvalue weighted by Crippen LogP contribution is 2.51. The molecule has 0 N–H and O–H groups in total. The van der Waals surface area contributed by atoms with E-state index in [1.165, 1.54) is 24.4 Å². The first-order chi connectivity index (χ1) is 7.51. The van der Waals surface area contributed by atoms with Crippen molar-refractivity contribution >= 4 is 5.91 Å². The Kier molecular flexibility index (Phi) is 2.74. The summed E-state index contributed by atoms with van der Waals surface area (Å²) in [7, 11) is 0. The minimum Gasteiger partial charge on any atom is -0.476 e. The van der Waals surface area contributed by atoms with Crippen LogP contribution in [0, 0.1) is 11.3 Å². The first-order valence-corrected chi connectivity index (χ1v) is 5.71. The van der Waals surface area contributed by atoms with Gasteiger partial charge < -0.3 is 4.74 Å². The van der Waals surface area contributed by atoms with Gasteiger partial charge in [-0.15, -0.1) is 5.10 Å². The van der Waals surface area contributed by atoms with Gasteiger partial charge in [-0.25, -0.2) is 4.68 Å². The van der Waals surface area contributed by atoms with Gasteiger partial charge in [0.05, 0.1) is 6.61 Å². The monoisotopic (exact) mass is 222 g/mol. The highest BCUT2D eigenvalue weighted by atomic mass is 16.5. The molecule has 1 heterocycles. The first kappa shape index (κ1) is 11.2. The van der Waals surface area contributed by atoms with E-state index in [-0.39, 0.29) is 5.91 Å². The van der Waals surface area contributed by atoms with Crippen LogP contribution in [-0.4, -0.2) is 22.3 Å². The average molecular weight is 222 g/mol. The van der Waals surface area contributed by atoms with Gasteiger partial charge in [0, 0.05) is 19.2 Å². The van der Waals surface area contributed by atoms with Crippen LogP contribution in [0.1, 0.15) is 38.4 Å². The third kappa shape index (κ3) is 2.26. The fraction of sp³-hybridized carbons (Fsp3) is 0.667. The molecule has 0 bridgehead atoms. The van der Waals surface area contributed by atoms with Crippen molar-refractivity contribution in [2.24, 2.45) is 11.3 Å². The number of aromatic nitrogens is 2. The molecule has 1 aliphatic carbocycles. The molecule has 0 spiro atoms. The predicted molar refractivity (Wildman–Crippen MR) is 60.5 cm³/mol. The van der Waals surface area contributed by atoms with E-state index in [1.807, 2.05) is 0 Å². The smallest absolute Gasteiger partial charge is 0.243 e. The molecule has 4 heteroatoms. The summed E-state index contributed by atoms with van der Waals surface area (Å²) in [6.07, 6.45) is 4.21. The average Bonchev–Trinajstić information content (AvgIpc) is 2.82. The van der Waals surface area contributed by atoms with E-state index in [4.69, 9.17) is 4.74 Å². The predicted octanol–water partition coefficient (Wildman–Crippen LogP) is 2.36. The lowest BCUT2D eigenvalue weighted by Crippen LogP contribution is -2.17. The number of hydrogen-bond acceptors (Lipinski definition) is 3. The fourth-order valence-corrected chi connectivity index (χ4v) is 1.66. The zero-order chi connectivity index (χ0) is 11.8. The molecule has 0 aliphatic heterocycles. The van der Waals surface area contributed by atoms with Crippen LogP contribution >= 0.6 is 0 Å². The van der Waals surface area contributed by atoms with E-state index in [0.29, 0.717) is 23.8 Å². The Morgan fingerprint density at radius 2 is 2.38 bits per heavy atom. The fourth-order valence-electron chi connectivity index (χ4n) is 1.66. The molecule has 1 fully saturated rings. The normalized spacial score (nSPS) is 19.2. The van der Waals surface area contributed by atoms with E-state index in [0.717, 1.165) is 0 Å². The van der Waals surface area contributed by atoms with Gasteiger partial charge >= 0.3 is 0 Å². The molecule has 1 aromatic heterocycles. The molecule has 1 aliphatic rings. The maximum absolute atomic E-state index is 11.0. The SMILES string of the molecule is CC(=O)n1ccc(OC[C@H](C)C2(C)CC2)n1. The van der Waals surface area contributed by atoms with Gasteiger partial charge in [-0.1, -0.05) is 13.8 Å². The van der Waals surface area contributed by atoms with E-state index in [2.05, 4.69) is 18.9 Å². The molecule has 0 amide bonds.